The van der Waals surface area contributed by atoms with Crippen molar-refractivity contribution >= 4 is 22.0 Å². The molecule has 13 heavy (non-hydrogen) atoms. The van der Waals surface area contributed by atoms with E-state index < -0.39 is 0 Å². The smallest absolute Gasteiger partial charge is 0.127 e. The third kappa shape index (κ3) is 2.86. The second kappa shape index (κ2) is 5.04. The highest BCUT2D eigenvalue weighted by Gasteiger charge is 1.98. The van der Waals surface area contributed by atoms with Crippen LogP contribution in [-0.4, -0.2) is 18.8 Å². The van der Waals surface area contributed by atoms with E-state index >= 15 is 0 Å². The molecule has 0 aromatic heterocycles. The summed E-state index contributed by atoms with van der Waals surface area (Å²) in [5, 5.41) is 8.61. The van der Waals surface area contributed by atoms with Crippen LogP contribution in [-0.2, 0) is 0 Å². The lowest BCUT2D eigenvalue weighted by atomic mass is 10.2. The Balaban J connectivity index is 2.99. The summed E-state index contributed by atoms with van der Waals surface area (Å²) in [7, 11) is 1.62. The Kier molecular flexibility index (Phi) is 3.99. The molecule has 0 aliphatic rings. The van der Waals surface area contributed by atoms with Crippen LogP contribution in [0.4, 0.5) is 0 Å². The van der Waals surface area contributed by atoms with Gasteiger partial charge in [0.25, 0.3) is 0 Å². The van der Waals surface area contributed by atoms with Crippen LogP contribution in [0.2, 0.25) is 0 Å². The van der Waals surface area contributed by atoms with Crippen molar-refractivity contribution in [2.75, 3.05) is 13.7 Å². The molecule has 1 aromatic carbocycles. The SMILES string of the molecule is COc1cc(Br)ccc1C=CCO. The molecule has 0 radical (unpaired) electrons. The molecule has 0 bridgehead atoms. The van der Waals surface area contributed by atoms with Crippen LogP contribution >= 0.6 is 15.9 Å². The van der Waals surface area contributed by atoms with Crippen molar-refractivity contribution in [3.8, 4) is 5.75 Å². The molecule has 0 spiro atoms. The van der Waals surface area contributed by atoms with E-state index in [2.05, 4.69) is 15.9 Å². The summed E-state index contributed by atoms with van der Waals surface area (Å²) in [6, 6.07) is 5.74. The highest BCUT2D eigenvalue weighted by molar-refractivity contribution is 9.10. The molecule has 0 heterocycles. The topological polar surface area (TPSA) is 29.5 Å². The number of halogens is 1. The van der Waals surface area contributed by atoms with E-state index in [1.807, 2.05) is 24.3 Å². The first-order valence-electron chi connectivity index (χ1n) is 3.89. The van der Waals surface area contributed by atoms with Gasteiger partial charge >= 0.3 is 0 Å². The second-order valence-electron chi connectivity index (χ2n) is 2.47. The van der Waals surface area contributed by atoms with E-state index in [0.717, 1.165) is 15.8 Å². The summed E-state index contributed by atoms with van der Waals surface area (Å²) < 4.78 is 6.14. The first-order valence-corrected chi connectivity index (χ1v) is 4.68. The number of benzene rings is 1. The van der Waals surface area contributed by atoms with Crippen LogP contribution in [0.3, 0.4) is 0 Å². The van der Waals surface area contributed by atoms with Crippen LogP contribution in [0.15, 0.2) is 28.7 Å². The Labute approximate surface area is 86.0 Å². The van der Waals surface area contributed by atoms with Crippen LogP contribution in [0.25, 0.3) is 6.08 Å². The van der Waals surface area contributed by atoms with Gasteiger partial charge in [-0.3, -0.25) is 0 Å². The summed E-state index contributed by atoms with van der Waals surface area (Å²) in [6.45, 7) is 0.0409. The summed E-state index contributed by atoms with van der Waals surface area (Å²) in [4.78, 5) is 0. The van der Waals surface area contributed by atoms with Gasteiger partial charge in [0, 0.05) is 10.0 Å². The third-order valence-corrected chi connectivity index (χ3v) is 2.09. The maximum absolute atomic E-state index is 8.61. The van der Waals surface area contributed by atoms with Crippen molar-refractivity contribution in [3.05, 3.63) is 34.3 Å². The van der Waals surface area contributed by atoms with Crippen molar-refractivity contribution in [1.82, 2.24) is 0 Å². The van der Waals surface area contributed by atoms with Gasteiger partial charge in [-0.15, -0.1) is 0 Å². The number of hydrogen-bond donors (Lipinski definition) is 1. The minimum atomic E-state index is 0.0409. The van der Waals surface area contributed by atoms with Crippen molar-refractivity contribution in [2.45, 2.75) is 0 Å². The molecule has 1 aromatic rings. The van der Waals surface area contributed by atoms with Crippen LogP contribution in [0.5, 0.6) is 5.75 Å². The fourth-order valence-electron chi connectivity index (χ4n) is 1.00. The predicted octanol–water partition coefficient (Wildman–Crippen LogP) is 2.46. The van der Waals surface area contributed by atoms with E-state index in [1.165, 1.54) is 0 Å². The fourth-order valence-corrected chi connectivity index (χ4v) is 1.34. The Morgan fingerprint density at radius 3 is 2.92 bits per heavy atom. The largest absolute Gasteiger partial charge is 0.496 e. The molecule has 0 fully saturated rings. The Morgan fingerprint density at radius 1 is 1.54 bits per heavy atom. The number of methoxy groups -OCH3 is 1. The monoisotopic (exact) mass is 242 g/mol. The molecule has 0 aliphatic carbocycles. The molecule has 1 rings (SSSR count). The summed E-state index contributed by atoms with van der Waals surface area (Å²) in [6.07, 6.45) is 3.50. The van der Waals surface area contributed by atoms with Gasteiger partial charge < -0.3 is 9.84 Å². The maximum atomic E-state index is 8.61. The average Bonchev–Trinajstić information content (AvgIpc) is 2.16. The van der Waals surface area contributed by atoms with Gasteiger partial charge in [-0.25, -0.2) is 0 Å². The van der Waals surface area contributed by atoms with Crippen molar-refractivity contribution in [1.29, 1.82) is 0 Å². The molecule has 0 saturated carbocycles. The van der Waals surface area contributed by atoms with E-state index in [4.69, 9.17) is 9.84 Å². The van der Waals surface area contributed by atoms with Gasteiger partial charge in [-0.05, 0) is 12.1 Å². The summed E-state index contributed by atoms with van der Waals surface area (Å²) >= 11 is 3.35. The molecule has 3 heteroatoms. The first-order chi connectivity index (χ1) is 6.27. The van der Waals surface area contributed by atoms with Crippen molar-refractivity contribution in [3.63, 3.8) is 0 Å². The number of aliphatic hydroxyl groups is 1. The lowest BCUT2D eigenvalue weighted by Crippen LogP contribution is -1.86. The predicted molar refractivity (Wildman–Crippen MR) is 56.8 cm³/mol. The lowest BCUT2D eigenvalue weighted by Gasteiger charge is -2.04. The zero-order valence-electron chi connectivity index (χ0n) is 7.33. The Morgan fingerprint density at radius 2 is 2.31 bits per heavy atom. The molecule has 0 saturated heterocycles. The molecule has 0 atom stereocenters. The van der Waals surface area contributed by atoms with Crippen molar-refractivity contribution < 1.29 is 9.84 Å². The number of hydrogen-bond acceptors (Lipinski definition) is 2. The van der Waals surface area contributed by atoms with E-state index in [-0.39, 0.29) is 6.61 Å². The molecular weight excluding hydrogens is 232 g/mol. The quantitative estimate of drug-likeness (QED) is 0.883. The van der Waals surface area contributed by atoms with Gasteiger partial charge in [0.1, 0.15) is 5.75 Å². The zero-order valence-corrected chi connectivity index (χ0v) is 8.91. The molecule has 1 N–H and O–H groups in total. The first kappa shape index (κ1) is 10.3. The highest BCUT2D eigenvalue weighted by atomic mass is 79.9. The average molecular weight is 243 g/mol. The standard InChI is InChI=1S/C10H11BrO2/c1-13-10-7-9(11)5-4-8(10)3-2-6-12/h2-5,7,12H,6H2,1H3. The van der Waals surface area contributed by atoms with Crippen molar-refractivity contribution in [2.24, 2.45) is 0 Å². The summed E-state index contributed by atoms with van der Waals surface area (Å²) in [5.74, 6) is 0.791. The zero-order chi connectivity index (χ0) is 9.68. The third-order valence-electron chi connectivity index (χ3n) is 1.60. The molecule has 0 amide bonds. The van der Waals surface area contributed by atoms with Gasteiger partial charge in [-0.2, -0.15) is 0 Å². The normalized spacial score (nSPS) is 10.7. The number of ether oxygens (including phenoxy) is 1. The summed E-state index contributed by atoms with van der Waals surface area (Å²) in [5.41, 5.74) is 0.958. The molecule has 0 unspecified atom stereocenters. The Bertz CT molecular complexity index is 308. The van der Waals surface area contributed by atoms with E-state index in [9.17, 15) is 0 Å². The molecule has 0 aliphatic heterocycles. The number of rotatable bonds is 3. The minimum Gasteiger partial charge on any atom is -0.496 e. The van der Waals surface area contributed by atoms with Gasteiger partial charge in [0.05, 0.1) is 13.7 Å². The molecular formula is C10H11BrO2. The molecule has 70 valence electrons. The number of aliphatic hydroxyl groups excluding tert-OH is 1. The highest BCUT2D eigenvalue weighted by Crippen LogP contribution is 2.24. The van der Waals surface area contributed by atoms with Crippen LogP contribution < -0.4 is 4.74 Å². The lowest BCUT2D eigenvalue weighted by molar-refractivity contribution is 0.343. The van der Waals surface area contributed by atoms with Gasteiger partial charge in [-0.1, -0.05) is 34.1 Å². The molecule has 2 nitrogen and oxygen atoms in total. The Hall–Kier alpha value is -0.800. The van der Waals surface area contributed by atoms with Gasteiger partial charge in [0.2, 0.25) is 0 Å². The second-order valence-corrected chi connectivity index (χ2v) is 3.39. The van der Waals surface area contributed by atoms with E-state index in [0.29, 0.717) is 0 Å². The van der Waals surface area contributed by atoms with Crippen LogP contribution in [0, 0.1) is 0 Å². The fraction of sp³-hybridized carbons (Fsp3) is 0.200. The van der Waals surface area contributed by atoms with Gasteiger partial charge in [0.15, 0.2) is 0 Å². The minimum absolute atomic E-state index is 0.0409. The van der Waals surface area contributed by atoms with Crippen LogP contribution in [0.1, 0.15) is 5.56 Å². The van der Waals surface area contributed by atoms with E-state index in [1.54, 1.807) is 13.2 Å². The maximum Gasteiger partial charge on any atom is 0.127 e.